The van der Waals surface area contributed by atoms with Crippen LogP contribution in [-0.2, 0) is 0 Å². The zero-order valence-corrected chi connectivity index (χ0v) is 13.1. The fourth-order valence-electron chi connectivity index (χ4n) is 2.06. The minimum atomic E-state index is -0.503. The molecule has 20 heavy (non-hydrogen) atoms. The van der Waals surface area contributed by atoms with Crippen LogP contribution in [-0.4, -0.2) is 6.54 Å². The van der Waals surface area contributed by atoms with Crippen molar-refractivity contribution in [1.29, 1.82) is 0 Å². The molecule has 0 fully saturated rings. The minimum absolute atomic E-state index is 0.105. The molecule has 1 nitrogen and oxygen atoms in total. The maximum absolute atomic E-state index is 14.1. The van der Waals surface area contributed by atoms with Crippen molar-refractivity contribution in [2.75, 3.05) is 6.54 Å². The van der Waals surface area contributed by atoms with Crippen molar-refractivity contribution < 1.29 is 8.78 Å². The Balaban J connectivity index is 2.54. The van der Waals surface area contributed by atoms with Crippen molar-refractivity contribution in [2.24, 2.45) is 0 Å². The first-order chi connectivity index (χ1) is 9.54. The van der Waals surface area contributed by atoms with Crippen LogP contribution in [0.1, 0.15) is 24.1 Å². The Bertz CT molecular complexity index is 619. The Morgan fingerprint density at radius 1 is 1.15 bits per heavy atom. The van der Waals surface area contributed by atoms with Gasteiger partial charge in [-0.05, 0) is 46.2 Å². The standard InChI is InChI=1S/C15H13BrClF2N/c1-2-20-15(9-5-3-4-6-12(9)17)10-7-14(19)11(16)8-13(10)18/h3-8,15,20H,2H2,1H3. The van der Waals surface area contributed by atoms with Gasteiger partial charge in [0.1, 0.15) is 11.6 Å². The number of benzene rings is 2. The van der Waals surface area contributed by atoms with Crippen LogP contribution in [0, 0.1) is 11.6 Å². The Morgan fingerprint density at radius 3 is 2.50 bits per heavy atom. The maximum atomic E-state index is 14.1. The zero-order valence-electron chi connectivity index (χ0n) is 10.8. The molecule has 0 aromatic heterocycles. The third kappa shape index (κ3) is 3.19. The predicted octanol–water partition coefficient (Wildman–Crippen LogP) is 5.08. The summed E-state index contributed by atoms with van der Waals surface area (Å²) in [5.41, 5.74) is 0.956. The summed E-state index contributed by atoms with van der Waals surface area (Å²) in [5, 5.41) is 3.65. The molecule has 0 bridgehead atoms. The van der Waals surface area contributed by atoms with Crippen LogP contribution in [0.25, 0.3) is 0 Å². The molecule has 0 aliphatic carbocycles. The van der Waals surface area contributed by atoms with Gasteiger partial charge >= 0.3 is 0 Å². The van der Waals surface area contributed by atoms with Crippen molar-refractivity contribution in [2.45, 2.75) is 13.0 Å². The van der Waals surface area contributed by atoms with Gasteiger partial charge in [-0.15, -0.1) is 0 Å². The fourth-order valence-corrected chi connectivity index (χ4v) is 2.62. The first kappa shape index (κ1) is 15.4. The van der Waals surface area contributed by atoms with Gasteiger partial charge in [0, 0.05) is 10.6 Å². The van der Waals surface area contributed by atoms with Crippen molar-refractivity contribution in [1.82, 2.24) is 5.32 Å². The largest absolute Gasteiger partial charge is 0.306 e. The van der Waals surface area contributed by atoms with Gasteiger partial charge < -0.3 is 5.32 Å². The number of rotatable bonds is 4. The Labute approximate surface area is 130 Å². The smallest absolute Gasteiger partial charge is 0.137 e. The highest BCUT2D eigenvalue weighted by atomic mass is 79.9. The van der Waals surface area contributed by atoms with Crippen LogP contribution in [0.4, 0.5) is 8.78 Å². The van der Waals surface area contributed by atoms with E-state index >= 15 is 0 Å². The second kappa shape index (κ2) is 6.66. The molecule has 1 N–H and O–H groups in total. The summed E-state index contributed by atoms with van der Waals surface area (Å²) in [4.78, 5) is 0. The summed E-state index contributed by atoms with van der Waals surface area (Å²) in [7, 11) is 0. The van der Waals surface area contributed by atoms with E-state index in [9.17, 15) is 8.78 Å². The maximum Gasteiger partial charge on any atom is 0.137 e. The quantitative estimate of drug-likeness (QED) is 0.750. The van der Waals surface area contributed by atoms with Gasteiger partial charge in [0.25, 0.3) is 0 Å². The van der Waals surface area contributed by atoms with Gasteiger partial charge in [0.15, 0.2) is 0 Å². The third-order valence-electron chi connectivity index (χ3n) is 2.98. The van der Waals surface area contributed by atoms with Gasteiger partial charge in [-0.3, -0.25) is 0 Å². The van der Waals surface area contributed by atoms with Crippen LogP contribution in [0.15, 0.2) is 40.9 Å². The van der Waals surface area contributed by atoms with Crippen LogP contribution in [0.5, 0.6) is 0 Å². The van der Waals surface area contributed by atoms with Gasteiger partial charge in [-0.2, -0.15) is 0 Å². The summed E-state index contributed by atoms with van der Waals surface area (Å²) < 4.78 is 27.9. The minimum Gasteiger partial charge on any atom is -0.306 e. The van der Waals surface area contributed by atoms with E-state index in [1.54, 1.807) is 18.2 Å². The highest BCUT2D eigenvalue weighted by Gasteiger charge is 2.21. The van der Waals surface area contributed by atoms with Crippen molar-refractivity contribution in [3.8, 4) is 0 Å². The SMILES string of the molecule is CCNC(c1cc(F)c(Br)cc1F)c1ccccc1Cl. The zero-order chi connectivity index (χ0) is 14.7. The van der Waals surface area contributed by atoms with Crippen molar-refractivity contribution in [3.05, 3.63) is 68.7 Å². The second-order valence-electron chi connectivity index (χ2n) is 4.30. The molecule has 0 spiro atoms. The molecule has 0 aliphatic rings. The molecule has 1 unspecified atom stereocenters. The molecule has 0 saturated carbocycles. The van der Waals surface area contributed by atoms with Crippen LogP contribution >= 0.6 is 27.5 Å². The number of nitrogens with one attached hydrogen (secondary N) is 1. The van der Waals surface area contributed by atoms with Crippen molar-refractivity contribution in [3.63, 3.8) is 0 Å². The van der Waals surface area contributed by atoms with E-state index in [0.29, 0.717) is 11.6 Å². The van der Waals surface area contributed by atoms with E-state index in [4.69, 9.17) is 11.6 Å². The summed E-state index contributed by atoms with van der Waals surface area (Å²) in [5.74, 6) is -0.986. The first-order valence-corrected chi connectivity index (χ1v) is 7.34. The third-order valence-corrected chi connectivity index (χ3v) is 3.93. The van der Waals surface area contributed by atoms with Crippen LogP contribution < -0.4 is 5.32 Å². The first-order valence-electron chi connectivity index (χ1n) is 6.16. The highest BCUT2D eigenvalue weighted by Crippen LogP contribution is 2.31. The summed E-state index contributed by atoms with van der Waals surface area (Å²) in [6.45, 7) is 2.50. The van der Waals surface area contributed by atoms with E-state index in [1.165, 1.54) is 6.07 Å². The number of hydrogen-bond acceptors (Lipinski definition) is 1. The fraction of sp³-hybridized carbons (Fsp3) is 0.200. The Hall–Kier alpha value is -0.970. The molecule has 2 aromatic carbocycles. The number of halogens is 4. The highest BCUT2D eigenvalue weighted by molar-refractivity contribution is 9.10. The van der Waals surface area contributed by atoms with Crippen LogP contribution in [0.3, 0.4) is 0 Å². The summed E-state index contributed by atoms with van der Waals surface area (Å²) in [6, 6.07) is 8.98. The molecule has 5 heteroatoms. The second-order valence-corrected chi connectivity index (χ2v) is 5.56. The monoisotopic (exact) mass is 359 g/mol. The Kier molecular flexibility index (Phi) is 5.13. The van der Waals surface area contributed by atoms with E-state index in [1.807, 2.05) is 13.0 Å². The molecule has 0 heterocycles. The molecule has 106 valence electrons. The molecule has 0 amide bonds. The normalized spacial score (nSPS) is 12.4. The van der Waals surface area contributed by atoms with E-state index in [2.05, 4.69) is 21.2 Å². The van der Waals surface area contributed by atoms with Gasteiger partial charge in [-0.1, -0.05) is 36.7 Å². The van der Waals surface area contributed by atoms with Crippen molar-refractivity contribution >= 4 is 27.5 Å². The molecular weight excluding hydrogens is 348 g/mol. The molecule has 0 radical (unpaired) electrons. The molecule has 2 aromatic rings. The molecular formula is C15H13BrClF2N. The Morgan fingerprint density at radius 2 is 1.85 bits per heavy atom. The summed E-state index contributed by atoms with van der Waals surface area (Å²) >= 11 is 9.14. The number of hydrogen-bond donors (Lipinski definition) is 1. The average Bonchev–Trinajstić information content (AvgIpc) is 2.42. The van der Waals surface area contributed by atoms with Gasteiger partial charge in [-0.25, -0.2) is 8.78 Å². The lowest BCUT2D eigenvalue weighted by atomic mass is 9.98. The summed E-state index contributed by atoms with van der Waals surface area (Å²) in [6.07, 6.45) is 0. The van der Waals surface area contributed by atoms with Gasteiger partial charge in [0.05, 0.1) is 10.5 Å². The van der Waals surface area contributed by atoms with E-state index in [0.717, 1.165) is 11.6 Å². The average molecular weight is 361 g/mol. The van der Waals surface area contributed by atoms with Crippen LogP contribution in [0.2, 0.25) is 5.02 Å². The predicted molar refractivity (Wildman–Crippen MR) is 81.0 cm³/mol. The van der Waals surface area contributed by atoms with E-state index < -0.39 is 17.7 Å². The molecule has 0 saturated heterocycles. The lowest BCUT2D eigenvalue weighted by molar-refractivity contribution is 0.542. The lowest BCUT2D eigenvalue weighted by Crippen LogP contribution is -2.23. The van der Waals surface area contributed by atoms with E-state index in [-0.39, 0.29) is 10.0 Å². The molecule has 0 aliphatic heterocycles. The molecule has 2 rings (SSSR count). The van der Waals surface area contributed by atoms with Gasteiger partial charge in [0.2, 0.25) is 0 Å². The lowest BCUT2D eigenvalue weighted by Gasteiger charge is -2.21. The topological polar surface area (TPSA) is 12.0 Å². The molecule has 1 atom stereocenters.